The highest BCUT2D eigenvalue weighted by molar-refractivity contribution is 5.92. The summed E-state index contributed by atoms with van der Waals surface area (Å²) in [6.45, 7) is 2.08. The van der Waals surface area contributed by atoms with Crippen LogP contribution in [-0.2, 0) is 24.3 Å². The van der Waals surface area contributed by atoms with Gasteiger partial charge in [0, 0.05) is 36.6 Å². The second-order valence-corrected chi connectivity index (χ2v) is 12.6. The Morgan fingerprint density at radius 1 is 0.692 bits per heavy atom. The fourth-order valence-electron chi connectivity index (χ4n) is 6.15. The monoisotopic (exact) mass is 692 g/mol. The summed E-state index contributed by atoms with van der Waals surface area (Å²) < 4.78 is 16.7. The van der Waals surface area contributed by atoms with Crippen LogP contribution < -0.4 is 14.8 Å². The number of ether oxygens (including phenoxy) is 3. The number of rotatable bonds is 16. The fraction of sp³-hybridized carbons (Fsp3) is 0.178. The van der Waals surface area contributed by atoms with Gasteiger partial charge in [-0.2, -0.15) is 0 Å². The molecule has 0 saturated carbocycles. The summed E-state index contributed by atoms with van der Waals surface area (Å²) in [5, 5.41) is 15.0. The molecule has 0 aliphatic rings. The fourth-order valence-corrected chi connectivity index (χ4v) is 6.15. The maximum absolute atomic E-state index is 12.8. The number of aliphatic hydroxyl groups excluding tert-OH is 1. The van der Waals surface area contributed by atoms with Crippen LogP contribution in [0.3, 0.4) is 0 Å². The lowest BCUT2D eigenvalue weighted by atomic mass is 10.0. The van der Waals surface area contributed by atoms with Crippen LogP contribution in [0.2, 0.25) is 0 Å². The Morgan fingerprint density at radius 3 is 2.00 bits per heavy atom. The van der Waals surface area contributed by atoms with Crippen molar-refractivity contribution in [3.63, 3.8) is 0 Å². The number of anilines is 2. The SMILES string of the molecule is COC(=O)c1cc(C(O)CN(CCc2ccc(Nc3ccc(OC)c(-c4ccccc4)c3)cc2)Cc2ccccc2)ccc1OCc1ccccc1. The number of benzene rings is 6. The molecule has 0 radical (unpaired) electrons. The van der Waals surface area contributed by atoms with Crippen molar-refractivity contribution in [3.05, 3.63) is 179 Å². The zero-order valence-electron chi connectivity index (χ0n) is 29.6. The molecule has 6 aromatic rings. The zero-order chi connectivity index (χ0) is 36.1. The highest BCUT2D eigenvalue weighted by Gasteiger charge is 2.20. The van der Waals surface area contributed by atoms with Crippen molar-refractivity contribution in [1.82, 2.24) is 4.90 Å². The maximum Gasteiger partial charge on any atom is 0.341 e. The Hall–Kier alpha value is -5.89. The lowest BCUT2D eigenvalue weighted by Crippen LogP contribution is -2.30. The van der Waals surface area contributed by atoms with Crippen LogP contribution in [-0.4, -0.2) is 43.3 Å². The Labute approximate surface area is 306 Å². The molecule has 0 bridgehead atoms. The minimum atomic E-state index is -0.841. The van der Waals surface area contributed by atoms with Gasteiger partial charge in [-0.25, -0.2) is 4.79 Å². The van der Waals surface area contributed by atoms with Crippen molar-refractivity contribution in [2.75, 3.05) is 32.6 Å². The maximum atomic E-state index is 12.8. The molecular formula is C45H44N2O5. The molecule has 7 heteroatoms. The molecule has 0 saturated heterocycles. The number of hydrogen-bond donors (Lipinski definition) is 2. The van der Waals surface area contributed by atoms with Gasteiger partial charge in [0.2, 0.25) is 0 Å². The zero-order valence-corrected chi connectivity index (χ0v) is 29.6. The van der Waals surface area contributed by atoms with E-state index in [0.717, 1.165) is 52.3 Å². The minimum Gasteiger partial charge on any atom is -0.496 e. The van der Waals surface area contributed by atoms with Crippen molar-refractivity contribution in [2.45, 2.75) is 25.7 Å². The molecule has 0 amide bonds. The van der Waals surface area contributed by atoms with Crippen molar-refractivity contribution < 1.29 is 24.1 Å². The average molecular weight is 693 g/mol. The molecule has 0 aromatic heterocycles. The molecule has 0 aliphatic carbocycles. The number of nitrogens with zero attached hydrogens (tertiary/aromatic N) is 1. The standard InChI is InChI=1S/C45H44N2O5/c1-50-43-25-23-39(29-40(43)36-16-10-5-11-17-36)46-38-21-18-33(19-22-38)26-27-47(30-34-12-6-3-7-13-34)31-42(48)37-20-24-44(41(28-37)45(49)51-2)52-32-35-14-8-4-9-15-35/h3-25,28-29,42,46,48H,26-27,30-32H2,1-2H3. The largest absolute Gasteiger partial charge is 0.496 e. The van der Waals surface area contributed by atoms with E-state index in [1.54, 1.807) is 19.2 Å². The van der Waals surface area contributed by atoms with Crippen molar-refractivity contribution >= 4 is 17.3 Å². The number of hydrogen-bond acceptors (Lipinski definition) is 7. The third kappa shape index (κ3) is 9.66. The molecule has 1 atom stereocenters. The second-order valence-electron chi connectivity index (χ2n) is 12.6. The van der Waals surface area contributed by atoms with Gasteiger partial charge in [0.15, 0.2) is 0 Å². The summed E-state index contributed by atoms with van der Waals surface area (Å²) >= 11 is 0. The molecule has 6 rings (SSSR count). The van der Waals surface area contributed by atoms with Gasteiger partial charge in [0.25, 0.3) is 0 Å². The average Bonchev–Trinajstić information content (AvgIpc) is 3.20. The first-order valence-corrected chi connectivity index (χ1v) is 17.4. The van der Waals surface area contributed by atoms with E-state index in [1.165, 1.54) is 12.7 Å². The highest BCUT2D eigenvalue weighted by atomic mass is 16.5. The Morgan fingerprint density at radius 2 is 1.33 bits per heavy atom. The number of aliphatic hydroxyl groups is 1. The van der Waals surface area contributed by atoms with E-state index >= 15 is 0 Å². The smallest absolute Gasteiger partial charge is 0.341 e. The van der Waals surface area contributed by atoms with E-state index in [2.05, 4.69) is 64.8 Å². The molecule has 7 nitrogen and oxygen atoms in total. The summed E-state index contributed by atoms with van der Waals surface area (Å²) in [6.07, 6.45) is -0.0487. The summed E-state index contributed by atoms with van der Waals surface area (Å²) in [5.74, 6) is 0.722. The molecule has 1 unspecified atom stereocenters. The van der Waals surface area contributed by atoms with Gasteiger partial charge in [-0.1, -0.05) is 109 Å². The molecule has 0 heterocycles. The lowest BCUT2D eigenvalue weighted by molar-refractivity contribution is 0.0594. The van der Waals surface area contributed by atoms with E-state index in [-0.39, 0.29) is 5.56 Å². The number of nitrogens with one attached hydrogen (secondary N) is 1. The number of carbonyl (C=O) groups excluding carboxylic acids is 1. The van der Waals surface area contributed by atoms with Crippen molar-refractivity contribution in [1.29, 1.82) is 0 Å². The first-order valence-electron chi connectivity index (χ1n) is 17.4. The minimum absolute atomic E-state index is 0.282. The summed E-state index contributed by atoms with van der Waals surface area (Å²) in [6, 6.07) is 50.0. The predicted molar refractivity (Wildman–Crippen MR) is 207 cm³/mol. The van der Waals surface area contributed by atoms with E-state index in [4.69, 9.17) is 14.2 Å². The third-order valence-electron chi connectivity index (χ3n) is 8.95. The first kappa shape index (κ1) is 35.9. The van der Waals surface area contributed by atoms with Gasteiger partial charge in [0.1, 0.15) is 23.7 Å². The number of methoxy groups -OCH3 is 2. The van der Waals surface area contributed by atoms with Crippen LogP contribution in [0.15, 0.2) is 152 Å². The number of esters is 1. The lowest BCUT2D eigenvalue weighted by Gasteiger charge is -2.26. The first-order chi connectivity index (χ1) is 25.5. The summed E-state index contributed by atoms with van der Waals surface area (Å²) in [5.41, 5.74) is 8.31. The van der Waals surface area contributed by atoms with Crippen LogP contribution in [0.1, 0.15) is 38.7 Å². The van der Waals surface area contributed by atoms with Gasteiger partial charge < -0.3 is 24.6 Å². The highest BCUT2D eigenvalue weighted by Crippen LogP contribution is 2.33. The van der Waals surface area contributed by atoms with Gasteiger partial charge in [-0.15, -0.1) is 0 Å². The third-order valence-corrected chi connectivity index (χ3v) is 8.95. The Balaban J connectivity index is 1.13. The van der Waals surface area contributed by atoms with Crippen LogP contribution >= 0.6 is 0 Å². The van der Waals surface area contributed by atoms with Gasteiger partial charge >= 0.3 is 5.97 Å². The Bertz CT molecular complexity index is 2020. The van der Waals surface area contributed by atoms with E-state index in [1.807, 2.05) is 84.9 Å². The van der Waals surface area contributed by atoms with Crippen LogP contribution in [0.4, 0.5) is 11.4 Å². The quantitative estimate of drug-likeness (QED) is 0.0980. The van der Waals surface area contributed by atoms with Crippen LogP contribution in [0, 0.1) is 0 Å². The molecular weight excluding hydrogens is 649 g/mol. The topological polar surface area (TPSA) is 80.3 Å². The van der Waals surface area contributed by atoms with Crippen molar-refractivity contribution in [3.8, 4) is 22.6 Å². The van der Waals surface area contributed by atoms with Gasteiger partial charge in [-0.3, -0.25) is 4.90 Å². The molecule has 2 N–H and O–H groups in total. The van der Waals surface area contributed by atoms with Gasteiger partial charge in [-0.05, 0) is 76.7 Å². The molecule has 0 fully saturated rings. The molecule has 52 heavy (non-hydrogen) atoms. The normalized spacial score (nSPS) is 11.5. The van der Waals surface area contributed by atoms with E-state index in [0.29, 0.717) is 31.0 Å². The molecule has 0 aliphatic heterocycles. The molecule has 0 spiro atoms. The second kappa shape index (κ2) is 17.9. The van der Waals surface area contributed by atoms with Gasteiger partial charge in [0.05, 0.1) is 20.3 Å². The van der Waals surface area contributed by atoms with Crippen LogP contribution in [0.25, 0.3) is 11.1 Å². The van der Waals surface area contributed by atoms with Crippen LogP contribution in [0.5, 0.6) is 11.5 Å². The molecule has 6 aromatic carbocycles. The Kier molecular flexibility index (Phi) is 12.3. The van der Waals surface area contributed by atoms with E-state index in [9.17, 15) is 9.90 Å². The number of carbonyl (C=O) groups is 1. The summed E-state index contributed by atoms with van der Waals surface area (Å²) in [4.78, 5) is 15.0. The molecule has 264 valence electrons. The summed E-state index contributed by atoms with van der Waals surface area (Å²) in [7, 11) is 3.04. The van der Waals surface area contributed by atoms with E-state index < -0.39 is 12.1 Å². The predicted octanol–water partition coefficient (Wildman–Crippen LogP) is 9.25. The van der Waals surface area contributed by atoms with Crippen molar-refractivity contribution in [2.24, 2.45) is 0 Å².